The van der Waals surface area contributed by atoms with Crippen LogP contribution < -0.4 is 0 Å². The molecule has 5 heteroatoms. The quantitative estimate of drug-likeness (QED) is 0.784. The zero-order valence-electron chi connectivity index (χ0n) is 12.0. The van der Waals surface area contributed by atoms with Crippen molar-refractivity contribution >= 4 is 5.97 Å². The molecular weight excluding hydrogens is 254 g/mol. The van der Waals surface area contributed by atoms with E-state index in [9.17, 15) is 4.79 Å². The Morgan fingerprint density at radius 1 is 1.30 bits per heavy atom. The summed E-state index contributed by atoms with van der Waals surface area (Å²) in [7, 11) is 0. The lowest BCUT2D eigenvalue weighted by atomic mass is 10.2. The molecule has 1 unspecified atom stereocenters. The standard InChI is InChI=1S/C15H19N3O2/c1-11(9-18-13(3)16-12(2)17-18)15(19)20-10-14-7-5-4-6-8-14/h4-8,11H,9-10H2,1-3H3. The van der Waals surface area contributed by atoms with Gasteiger partial charge in [0.05, 0.1) is 12.5 Å². The lowest BCUT2D eigenvalue weighted by Gasteiger charge is -2.12. The highest BCUT2D eigenvalue weighted by Gasteiger charge is 2.17. The van der Waals surface area contributed by atoms with Crippen molar-refractivity contribution in [2.75, 3.05) is 0 Å². The van der Waals surface area contributed by atoms with Gasteiger partial charge >= 0.3 is 5.97 Å². The maximum absolute atomic E-state index is 12.0. The van der Waals surface area contributed by atoms with E-state index in [1.165, 1.54) is 0 Å². The van der Waals surface area contributed by atoms with E-state index < -0.39 is 0 Å². The van der Waals surface area contributed by atoms with Crippen molar-refractivity contribution in [3.05, 3.63) is 47.5 Å². The Morgan fingerprint density at radius 3 is 2.60 bits per heavy atom. The summed E-state index contributed by atoms with van der Waals surface area (Å²) in [5.41, 5.74) is 0.987. The molecule has 1 aromatic carbocycles. The molecule has 1 heterocycles. The Hall–Kier alpha value is -2.17. The molecule has 1 atom stereocenters. The van der Waals surface area contributed by atoms with Crippen LogP contribution in [0.1, 0.15) is 24.1 Å². The Balaban J connectivity index is 1.87. The summed E-state index contributed by atoms with van der Waals surface area (Å²) >= 11 is 0. The van der Waals surface area contributed by atoms with Gasteiger partial charge in [0.2, 0.25) is 0 Å². The van der Waals surface area contributed by atoms with E-state index in [1.54, 1.807) is 4.68 Å². The van der Waals surface area contributed by atoms with Crippen molar-refractivity contribution < 1.29 is 9.53 Å². The number of carbonyl (C=O) groups is 1. The summed E-state index contributed by atoms with van der Waals surface area (Å²) in [4.78, 5) is 16.2. The number of hydrogen-bond donors (Lipinski definition) is 0. The fraction of sp³-hybridized carbons (Fsp3) is 0.400. The Morgan fingerprint density at radius 2 is 2.00 bits per heavy atom. The van der Waals surface area contributed by atoms with Gasteiger partial charge in [-0.1, -0.05) is 37.3 Å². The molecule has 0 radical (unpaired) electrons. The highest BCUT2D eigenvalue weighted by molar-refractivity contribution is 5.71. The zero-order valence-corrected chi connectivity index (χ0v) is 12.0. The summed E-state index contributed by atoms with van der Waals surface area (Å²) in [6.45, 7) is 6.34. The van der Waals surface area contributed by atoms with Crippen LogP contribution in [0.4, 0.5) is 0 Å². The predicted molar refractivity (Wildman–Crippen MR) is 74.9 cm³/mol. The minimum absolute atomic E-state index is 0.221. The average Bonchev–Trinajstić information content (AvgIpc) is 2.75. The first kappa shape index (κ1) is 14.2. The minimum atomic E-state index is -0.251. The van der Waals surface area contributed by atoms with Crippen molar-refractivity contribution in [3.63, 3.8) is 0 Å². The van der Waals surface area contributed by atoms with Crippen LogP contribution in [0, 0.1) is 19.8 Å². The molecule has 0 saturated carbocycles. The molecule has 0 fully saturated rings. The van der Waals surface area contributed by atoms with Gasteiger partial charge in [0.1, 0.15) is 18.3 Å². The number of carbonyl (C=O) groups excluding carboxylic acids is 1. The largest absolute Gasteiger partial charge is 0.461 e. The topological polar surface area (TPSA) is 57.0 Å². The maximum Gasteiger partial charge on any atom is 0.310 e. The fourth-order valence-corrected chi connectivity index (χ4v) is 1.94. The third kappa shape index (κ3) is 3.66. The van der Waals surface area contributed by atoms with Gasteiger partial charge in [-0.2, -0.15) is 5.10 Å². The van der Waals surface area contributed by atoms with Crippen molar-refractivity contribution in [3.8, 4) is 0 Å². The van der Waals surface area contributed by atoms with Crippen molar-refractivity contribution in [2.24, 2.45) is 5.92 Å². The van der Waals surface area contributed by atoms with Gasteiger partial charge in [0, 0.05) is 0 Å². The minimum Gasteiger partial charge on any atom is -0.461 e. The molecule has 5 nitrogen and oxygen atoms in total. The van der Waals surface area contributed by atoms with Crippen LogP contribution in [-0.2, 0) is 22.7 Å². The number of esters is 1. The maximum atomic E-state index is 12.0. The normalized spacial score (nSPS) is 12.2. The van der Waals surface area contributed by atoms with Gasteiger partial charge in [-0.15, -0.1) is 0 Å². The van der Waals surface area contributed by atoms with E-state index in [0.717, 1.165) is 11.4 Å². The van der Waals surface area contributed by atoms with Crippen LogP contribution >= 0.6 is 0 Å². The smallest absolute Gasteiger partial charge is 0.310 e. The Kier molecular flexibility index (Phi) is 4.50. The fourth-order valence-electron chi connectivity index (χ4n) is 1.94. The van der Waals surface area contributed by atoms with Crippen LogP contribution in [-0.4, -0.2) is 20.7 Å². The number of nitrogens with zero attached hydrogens (tertiary/aromatic N) is 3. The van der Waals surface area contributed by atoms with E-state index in [2.05, 4.69) is 10.1 Å². The molecule has 0 saturated heterocycles. The first-order chi connectivity index (χ1) is 9.56. The molecule has 0 N–H and O–H groups in total. The van der Waals surface area contributed by atoms with Gasteiger partial charge < -0.3 is 4.74 Å². The molecule has 0 spiro atoms. The third-order valence-corrected chi connectivity index (χ3v) is 3.04. The molecule has 2 aromatic rings. The summed E-state index contributed by atoms with van der Waals surface area (Å²) in [6.07, 6.45) is 0. The number of aromatic nitrogens is 3. The van der Waals surface area contributed by atoms with Crippen molar-refractivity contribution in [1.29, 1.82) is 0 Å². The van der Waals surface area contributed by atoms with Crippen LogP contribution in [0.3, 0.4) is 0 Å². The number of aryl methyl sites for hydroxylation is 2. The number of hydrogen-bond acceptors (Lipinski definition) is 4. The van der Waals surface area contributed by atoms with Crippen molar-refractivity contribution in [1.82, 2.24) is 14.8 Å². The number of rotatable bonds is 5. The van der Waals surface area contributed by atoms with Gasteiger partial charge in [0.25, 0.3) is 0 Å². The average molecular weight is 273 g/mol. The third-order valence-electron chi connectivity index (χ3n) is 3.04. The second kappa shape index (κ2) is 6.32. The summed E-state index contributed by atoms with van der Waals surface area (Å²) in [6, 6.07) is 9.65. The Labute approximate surface area is 118 Å². The molecule has 106 valence electrons. The first-order valence-electron chi connectivity index (χ1n) is 6.65. The number of ether oxygens (including phenoxy) is 1. The lowest BCUT2D eigenvalue weighted by Crippen LogP contribution is -2.21. The predicted octanol–water partition coefficient (Wildman–Crippen LogP) is 2.27. The number of benzene rings is 1. The molecule has 0 aliphatic carbocycles. The van der Waals surface area contributed by atoms with Crippen LogP contribution in [0.15, 0.2) is 30.3 Å². The van der Waals surface area contributed by atoms with E-state index in [1.807, 2.05) is 51.1 Å². The molecule has 0 amide bonds. The zero-order chi connectivity index (χ0) is 14.5. The van der Waals surface area contributed by atoms with Crippen LogP contribution in [0.5, 0.6) is 0 Å². The summed E-state index contributed by atoms with van der Waals surface area (Å²) in [5, 5.41) is 4.25. The molecule has 0 aliphatic rings. The second-order valence-corrected chi connectivity index (χ2v) is 4.88. The van der Waals surface area contributed by atoms with Gasteiger partial charge in [-0.3, -0.25) is 4.79 Å². The van der Waals surface area contributed by atoms with E-state index in [-0.39, 0.29) is 11.9 Å². The second-order valence-electron chi connectivity index (χ2n) is 4.88. The Bertz CT molecular complexity index is 578. The molecule has 0 bridgehead atoms. The SMILES string of the molecule is Cc1nc(C)n(CC(C)C(=O)OCc2ccccc2)n1. The molecule has 20 heavy (non-hydrogen) atoms. The molecule has 1 aromatic heterocycles. The van der Waals surface area contributed by atoms with Gasteiger partial charge in [-0.05, 0) is 19.4 Å². The summed E-state index contributed by atoms with van der Waals surface area (Å²) < 4.78 is 7.05. The van der Waals surface area contributed by atoms with Crippen molar-refractivity contribution in [2.45, 2.75) is 33.9 Å². The highest BCUT2D eigenvalue weighted by Crippen LogP contribution is 2.08. The van der Waals surface area contributed by atoms with E-state index in [0.29, 0.717) is 19.0 Å². The molecule has 0 aliphatic heterocycles. The lowest BCUT2D eigenvalue weighted by molar-refractivity contribution is -0.149. The van der Waals surface area contributed by atoms with E-state index in [4.69, 9.17) is 4.74 Å². The van der Waals surface area contributed by atoms with Crippen LogP contribution in [0.2, 0.25) is 0 Å². The first-order valence-corrected chi connectivity index (χ1v) is 6.65. The highest BCUT2D eigenvalue weighted by atomic mass is 16.5. The van der Waals surface area contributed by atoms with Gasteiger partial charge in [-0.25, -0.2) is 9.67 Å². The monoisotopic (exact) mass is 273 g/mol. The van der Waals surface area contributed by atoms with E-state index >= 15 is 0 Å². The summed E-state index contributed by atoms with van der Waals surface area (Å²) in [5.74, 6) is 1.05. The molecule has 2 rings (SSSR count). The van der Waals surface area contributed by atoms with Gasteiger partial charge in [0.15, 0.2) is 0 Å². The van der Waals surface area contributed by atoms with Crippen LogP contribution in [0.25, 0.3) is 0 Å². The molecular formula is C15H19N3O2.